The van der Waals surface area contributed by atoms with E-state index in [2.05, 4.69) is 39.7 Å². The zero-order chi connectivity index (χ0) is 14.9. The van der Waals surface area contributed by atoms with E-state index in [4.69, 9.17) is 0 Å². The van der Waals surface area contributed by atoms with Crippen molar-refractivity contribution in [2.45, 2.75) is 45.6 Å². The third kappa shape index (κ3) is 6.34. The van der Waals surface area contributed by atoms with Crippen LogP contribution in [0.15, 0.2) is 35.0 Å². The van der Waals surface area contributed by atoms with Gasteiger partial charge < -0.3 is 10.6 Å². The van der Waals surface area contributed by atoms with Crippen LogP contribution in [0.1, 0.15) is 43.4 Å². The van der Waals surface area contributed by atoms with Crippen molar-refractivity contribution in [2.75, 3.05) is 13.6 Å². The molecule has 0 saturated carbocycles. The normalized spacial score (nSPS) is 14.8. The van der Waals surface area contributed by atoms with Crippen LogP contribution in [0.5, 0.6) is 0 Å². The maximum atomic E-state index is 4.38. The third-order valence-corrected chi connectivity index (χ3v) is 3.89. The Morgan fingerprint density at radius 3 is 2.86 bits per heavy atom. The first-order valence-electron chi connectivity index (χ1n) is 7.82. The van der Waals surface area contributed by atoms with Gasteiger partial charge in [0, 0.05) is 19.8 Å². The molecule has 122 valence electrons. The quantitative estimate of drug-likeness (QED) is 0.335. The molecule has 0 radical (unpaired) electrons. The molecule has 0 bridgehead atoms. The Kier molecular flexibility index (Phi) is 9.11. The largest absolute Gasteiger partial charge is 0.356 e. The summed E-state index contributed by atoms with van der Waals surface area (Å²) < 4.78 is 0. The molecule has 22 heavy (non-hydrogen) atoms. The molecule has 1 aliphatic carbocycles. The molecular weight excluding hydrogens is 387 g/mol. The highest BCUT2D eigenvalue weighted by Gasteiger charge is 2.05. The molecule has 0 spiro atoms. The molecule has 2 rings (SSSR count). The van der Waals surface area contributed by atoms with E-state index in [1.54, 1.807) is 12.6 Å². The number of aromatic nitrogens is 1. The number of guanidine groups is 1. The number of aryl methyl sites for hydroxylation is 1. The Balaban J connectivity index is 0.00000242. The number of allylic oxidation sites excluding steroid dienone is 1. The number of halogens is 1. The van der Waals surface area contributed by atoms with Crippen molar-refractivity contribution < 1.29 is 0 Å². The van der Waals surface area contributed by atoms with Crippen LogP contribution in [0.4, 0.5) is 0 Å². The number of rotatable bonds is 5. The number of aliphatic imine (C=N–C) groups is 1. The summed E-state index contributed by atoms with van der Waals surface area (Å²) >= 11 is 0. The van der Waals surface area contributed by atoms with Gasteiger partial charge in [0.1, 0.15) is 0 Å². The van der Waals surface area contributed by atoms with Crippen LogP contribution >= 0.6 is 24.0 Å². The fraction of sp³-hybridized carbons (Fsp3) is 0.529. The van der Waals surface area contributed by atoms with E-state index in [9.17, 15) is 0 Å². The average molecular weight is 414 g/mol. The first-order valence-corrected chi connectivity index (χ1v) is 7.82. The standard InChI is InChI=1S/C17H26N4.HI/c1-14-7-6-11-19-16(14)13-21-17(18-2)20-12-10-15-8-4-3-5-9-15;/h6-8,11H,3-5,9-10,12-13H2,1-2H3,(H2,18,20,21);1H. The lowest BCUT2D eigenvalue weighted by molar-refractivity contribution is 0.665. The lowest BCUT2D eigenvalue weighted by atomic mass is 9.97. The molecular formula is C17H27IN4. The van der Waals surface area contributed by atoms with Gasteiger partial charge >= 0.3 is 0 Å². The van der Waals surface area contributed by atoms with E-state index in [-0.39, 0.29) is 24.0 Å². The number of nitrogens with one attached hydrogen (secondary N) is 2. The summed E-state index contributed by atoms with van der Waals surface area (Å²) in [7, 11) is 1.81. The molecule has 0 aliphatic heterocycles. The lowest BCUT2D eigenvalue weighted by Gasteiger charge is -2.15. The second-order valence-corrected chi connectivity index (χ2v) is 5.48. The van der Waals surface area contributed by atoms with Gasteiger partial charge in [0.15, 0.2) is 5.96 Å². The highest BCUT2D eigenvalue weighted by Crippen LogP contribution is 2.19. The van der Waals surface area contributed by atoms with Crippen molar-refractivity contribution in [1.82, 2.24) is 15.6 Å². The number of hydrogen-bond donors (Lipinski definition) is 2. The van der Waals surface area contributed by atoms with E-state index >= 15 is 0 Å². The van der Waals surface area contributed by atoms with Gasteiger partial charge in [0.2, 0.25) is 0 Å². The highest BCUT2D eigenvalue weighted by atomic mass is 127. The van der Waals surface area contributed by atoms with E-state index in [1.165, 1.54) is 31.2 Å². The van der Waals surface area contributed by atoms with Crippen molar-refractivity contribution in [3.63, 3.8) is 0 Å². The van der Waals surface area contributed by atoms with E-state index in [0.717, 1.165) is 24.6 Å². The Labute approximate surface area is 150 Å². The molecule has 0 amide bonds. The third-order valence-electron chi connectivity index (χ3n) is 3.89. The minimum Gasteiger partial charge on any atom is -0.356 e. The van der Waals surface area contributed by atoms with Crippen LogP contribution in [0.25, 0.3) is 0 Å². The molecule has 0 aromatic carbocycles. The smallest absolute Gasteiger partial charge is 0.191 e. The number of nitrogens with zero attached hydrogens (tertiary/aromatic N) is 2. The summed E-state index contributed by atoms with van der Waals surface area (Å²) in [5, 5.41) is 6.70. The lowest BCUT2D eigenvalue weighted by Crippen LogP contribution is -2.37. The summed E-state index contributed by atoms with van der Waals surface area (Å²) in [5.74, 6) is 0.844. The molecule has 5 heteroatoms. The van der Waals surface area contributed by atoms with Crippen LogP contribution in [-0.4, -0.2) is 24.5 Å². The Morgan fingerprint density at radius 1 is 1.32 bits per heavy atom. The van der Waals surface area contributed by atoms with Crippen molar-refractivity contribution >= 4 is 29.9 Å². The van der Waals surface area contributed by atoms with Gasteiger partial charge in [0.05, 0.1) is 12.2 Å². The molecule has 0 unspecified atom stereocenters. The summed E-state index contributed by atoms with van der Waals surface area (Å²) in [6, 6.07) is 4.04. The Hall–Kier alpha value is -1.11. The topological polar surface area (TPSA) is 49.3 Å². The summed E-state index contributed by atoms with van der Waals surface area (Å²) in [6.07, 6.45) is 10.6. The minimum atomic E-state index is 0. The maximum absolute atomic E-state index is 4.38. The van der Waals surface area contributed by atoms with Crippen LogP contribution in [0.2, 0.25) is 0 Å². The maximum Gasteiger partial charge on any atom is 0.191 e. The molecule has 0 fully saturated rings. The predicted octanol–water partition coefficient (Wildman–Crippen LogP) is 3.56. The van der Waals surface area contributed by atoms with Gasteiger partial charge in [0.25, 0.3) is 0 Å². The number of hydrogen-bond acceptors (Lipinski definition) is 2. The van der Waals surface area contributed by atoms with Crippen LogP contribution in [0, 0.1) is 6.92 Å². The summed E-state index contributed by atoms with van der Waals surface area (Å²) in [6.45, 7) is 3.72. The van der Waals surface area contributed by atoms with Crippen LogP contribution < -0.4 is 10.6 Å². The van der Waals surface area contributed by atoms with Gasteiger partial charge in [-0.25, -0.2) is 0 Å². The average Bonchev–Trinajstić information content (AvgIpc) is 2.53. The van der Waals surface area contributed by atoms with Crippen LogP contribution in [-0.2, 0) is 6.54 Å². The van der Waals surface area contributed by atoms with Crippen molar-refractivity contribution in [1.29, 1.82) is 0 Å². The second-order valence-electron chi connectivity index (χ2n) is 5.48. The molecule has 0 atom stereocenters. The molecule has 0 saturated heterocycles. The molecule has 1 aromatic heterocycles. The number of pyridine rings is 1. The molecule has 1 aromatic rings. The Morgan fingerprint density at radius 2 is 2.18 bits per heavy atom. The minimum absolute atomic E-state index is 0. The highest BCUT2D eigenvalue weighted by molar-refractivity contribution is 14.0. The monoisotopic (exact) mass is 414 g/mol. The fourth-order valence-electron chi connectivity index (χ4n) is 2.56. The van der Waals surface area contributed by atoms with Crippen LogP contribution in [0.3, 0.4) is 0 Å². The molecule has 1 heterocycles. The second kappa shape index (κ2) is 10.6. The van der Waals surface area contributed by atoms with Gasteiger partial charge in [-0.3, -0.25) is 9.98 Å². The SMILES string of the molecule is CN=C(NCCC1=CCCCC1)NCc1ncccc1C.I. The molecule has 1 aliphatic rings. The van der Waals surface area contributed by atoms with Gasteiger partial charge in [-0.05, 0) is 50.7 Å². The summed E-state index contributed by atoms with van der Waals surface area (Å²) in [5.41, 5.74) is 3.85. The van der Waals surface area contributed by atoms with E-state index in [1.807, 2.05) is 12.3 Å². The predicted molar refractivity (Wildman–Crippen MR) is 104 cm³/mol. The first-order chi connectivity index (χ1) is 10.3. The first kappa shape index (κ1) is 18.9. The van der Waals surface area contributed by atoms with Gasteiger partial charge in [-0.2, -0.15) is 0 Å². The van der Waals surface area contributed by atoms with Gasteiger partial charge in [-0.15, -0.1) is 24.0 Å². The molecule has 4 nitrogen and oxygen atoms in total. The molecule has 2 N–H and O–H groups in total. The zero-order valence-electron chi connectivity index (χ0n) is 13.6. The van der Waals surface area contributed by atoms with E-state index < -0.39 is 0 Å². The van der Waals surface area contributed by atoms with Crippen molar-refractivity contribution in [2.24, 2.45) is 4.99 Å². The Bertz CT molecular complexity index is 511. The van der Waals surface area contributed by atoms with Gasteiger partial charge in [-0.1, -0.05) is 17.7 Å². The van der Waals surface area contributed by atoms with Crippen molar-refractivity contribution in [3.8, 4) is 0 Å². The van der Waals surface area contributed by atoms with E-state index in [0.29, 0.717) is 6.54 Å². The van der Waals surface area contributed by atoms with Crippen molar-refractivity contribution in [3.05, 3.63) is 41.2 Å². The summed E-state index contributed by atoms with van der Waals surface area (Å²) in [4.78, 5) is 8.65. The fourth-order valence-corrected chi connectivity index (χ4v) is 2.56. The zero-order valence-corrected chi connectivity index (χ0v) is 15.9.